The van der Waals surface area contributed by atoms with E-state index in [0.29, 0.717) is 5.52 Å². The van der Waals surface area contributed by atoms with Gasteiger partial charge in [0.05, 0.1) is 5.69 Å². The van der Waals surface area contributed by atoms with Crippen LogP contribution in [0.1, 0.15) is 5.69 Å². The van der Waals surface area contributed by atoms with E-state index in [1.807, 2.05) is 6.07 Å². The molecule has 4 N–H and O–H groups in total. The Balaban J connectivity index is 2.00. The summed E-state index contributed by atoms with van der Waals surface area (Å²) in [5, 5.41) is 34.4. The van der Waals surface area contributed by atoms with E-state index in [9.17, 15) is 20.3 Å². The van der Waals surface area contributed by atoms with Crippen molar-refractivity contribution in [2.75, 3.05) is 12.3 Å². The van der Waals surface area contributed by atoms with Crippen molar-refractivity contribution >= 4 is 17.3 Å². The molecule has 3 heterocycles. The highest BCUT2D eigenvalue weighted by Gasteiger charge is 2.57. The van der Waals surface area contributed by atoms with Gasteiger partial charge < -0.3 is 25.4 Å². The van der Waals surface area contributed by atoms with Gasteiger partial charge >= 0.3 is 5.97 Å². The maximum absolute atomic E-state index is 11.2. The molecule has 0 aromatic carbocycles. The van der Waals surface area contributed by atoms with Gasteiger partial charge in [-0.3, -0.25) is 0 Å². The average molecular weight is 345 g/mol. The lowest BCUT2D eigenvalue weighted by Crippen LogP contribution is -2.41. The highest BCUT2D eigenvalue weighted by atomic mass is 16.6. The Morgan fingerprint density at radius 1 is 1.60 bits per heavy atom. The van der Waals surface area contributed by atoms with Gasteiger partial charge in [-0.2, -0.15) is 10.4 Å². The molecule has 10 heteroatoms. The molecule has 1 saturated heterocycles. The lowest BCUT2D eigenvalue weighted by molar-refractivity contribution is -0.144. The molecule has 3 rings (SSSR count). The number of hydrogen-bond acceptors (Lipinski definition) is 9. The second-order valence-electron chi connectivity index (χ2n) is 5.43. The van der Waals surface area contributed by atoms with Crippen LogP contribution < -0.4 is 5.73 Å². The zero-order valence-corrected chi connectivity index (χ0v) is 12.9. The highest BCUT2D eigenvalue weighted by molar-refractivity contribution is 5.81. The maximum atomic E-state index is 11.2. The number of nitrogen functional groups attached to an aromatic ring is 1. The van der Waals surface area contributed by atoms with Crippen LogP contribution in [0.5, 0.6) is 0 Å². The number of aliphatic hydroxyl groups is 2. The van der Waals surface area contributed by atoms with E-state index in [1.54, 1.807) is 6.07 Å². The van der Waals surface area contributed by atoms with Gasteiger partial charge in [0.2, 0.25) is 5.60 Å². The van der Waals surface area contributed by atoms with Crippen LogP contribution in [0, 0.1) is 11.3 Å². The van der Waals surface area contributed by atoms with E-state index in [4.69, 9.17) is 15.2 Å². The fourth-order valence-corrected chi connectivity index (χ4v) is 2.77. The minimum atomic E-state index is -1.92. The first kappa shape index (κ1) is 16.8. The predicted octanol–water partition coefficient (Wildman–Crippen LogP) is -1.12. The average Bonchev–Trinajstić information content (AvgIpc) is 3.16. The number of ether oxygens (including phenoxy) is 2. The topological polar surface area (TPSA) is 156 Å². The molecule has 0 saturated carbocycles. The van der Waals surface area contributed by atoms with E-state index < -0.39 is 29.9 Å². The first-order valence-corrected chi connectivity index (χ1v) is 7.27. The van der Waals surface area contributed by atoms with Gasteiger partial charge in [-0.15, -0.1) is 0 Å². The van der Waals surface area contributed by atoms with Crippen molar-refractivity contribution in [2.24, 2.45) is 0 Å². The normalized spacial score (nSPS) is 28.6. The van der Waals surface area contributed by atoms with Crippen LogP contribution in [-0.4, -0.2) is 55.7 Å². The van der Waals surface area contributed by atoms with E-state index >= 15 is 0 Å². The number of hydrogen-bond donors (Lipinski definition) is 3. The van der Waals surface area contributed by atoms with Gasteiger partial charge in [0, 0.05) is 6.08 Å². The molecule has 0 radical (unpaired) electrons. The molecule has 25 heavy (non-hydrogen) atoms. The summed E-state index contributed by atoms with van der Waals surface area (Å²) in [7, 11) is 0. The largest absolute Gasteiger partial charge is 0.460 e. The summed E-state index contributed by atoms with van der Waals surface area (Å²) in [6, 6.07) is 4.95. The zero-order chi connectivity index (χ0) is 18.2. The molecule has 1 aliphatic heterocycles. The molecular weight excluding hydrogens is 330 g/mol. The Morgan fingerprint density at radius 3 is 3.04 bits per heavy atom. The lowest BCUT2D eigenvalue weighted by atomic mass is 9.92. The summed E-state index contributed by atoms with van der Waals surface area (Å²) in [6.45, 7) is 2.90. The summed E-state index contributed by atoms with van der Waals surface area (Å²) < 4.78 is 11.8. The van der Waals surface area contributed by atoms with Crippen molar-refractivity contribution in [1.29, 1.82) is 5.26 Å². The number of nitriles is 1. The minimum Gasteiger partial charge on any atom is -0.460 e. The molecule has 0 unspecified atom stereocenters. The van der Waals surface area contributed by atoms with E-state index in [2.05, 4.69) is 16.7 Å². The molecule has 4 atom stereocenters. The van der Waals surface area contributed by atoms with Crippen LogP contribution in [0.15, 0.2) is 31.1 Å². The Kier molecular flexibility index (Phi) is 4.13. The van der Waals surface area contributed by atoms with Gasteiger partial charge in [-0.1, -0.05) is 6.58 Å². The van der Waals surface area contributed by atoms with E-state index in [0.717, 1.165) is 6.08 Å². The van der Waals surface area contributed by atoms with Crippen LogP contribution in [-0.2, 0) is 19.9 Å². The third-order valence-corrected chi connectivity index (χ3v) is 4.04. The zero-order valence-electron chi connectivity index (χ0n) is 12.9. The number of rotatable bonds is 4. The fraction of sp³-hybridized carbons (Fsp3) is 0.333. The molecule has 2 aromatic rings. The summed E-state index contributed by atoms with van der Waals surface area (Å²) in [6.07, 6.45) is -2.02. The smallest absolute Gasteiger partial charge is 0.330 e. The molecule has 10 nitrogen and oxygen atoms in total. The van der Waals surface area contributed by atoms with E-state index in [1.165, 1.54) is 16.9 Å². The quantitative estimate of drug-likeness (QED) is 0.461. The van der Waals surface area contributed by atoms with Crippen molar-refractivity contribution in [1.82, 2.24) is 14.6 Å². The lowest BCUT2D eigenvalue weighted by Gasteiger charge is -2.24. The number of fused-ring (bicyclic) bond motifs is 1. The van der Waals surface area contributed by atoms with Crippen LogP contribution in [0.25, 0.3) is 5.52 Å². The Bertz CT molecular complexity index is 875. The maximum Gasteiger partial charge on any atom is 0.330 e. The molecule has 0 spiro atoms. The molecular formula is C15H15N5O5. The highest BCUT2D eigenvalue weighted by Crippen LogP contribution is 2.40. The second kappa shape index (κ2) is 6.14. The van der Waals surface area contributed by atoms with Crippen LogP contribution in [0.3, 0.4) is 0 Å². The molecule has 1 fully saturated rings. The molecule has 0 aliphatic carbocycles. The summed E-state index contributed by atoms with van der Waals surface area (Å²) in [4.78, 5) is 15.0. The molecule has 1 aliphatic rings. The first-order valence-electron chi connectivity index (χ1n) is 7.27. The number of aromatic nitrogens is 3. The number of carbonyl (C=O) groups is 1. The minimum absolute atomic E-state index is 0.170. The summed E-state index contributed by atoms with van der Waals surface area (Å²) in [5.41, 5.74) is 4.43. The van der Waals surface area contributed by atoms with Crippen molar-refractivity contribution in [3.63, 3.8) is 0 Å². The van der Waals surface area contributed by atoms with Crippen molar-refractivity contribution in [3.05, 3.63) is 36.8 Å². The number of nitrogens with zero attached hydrogens (tertiary/aromatic N) is 4. The third-order valence-electron chi connectivity index (χ3n) is 4.04. The van der Waals surface area contributed by atoms with Crippen molar-refractivity contribution in [3.8, 4) is 6.07 Å². The molecule has 0 bridgehead atoms. The molecule has 2 aromatic heterocycles. The molecule has 0 amide bonds. The van der Waals surface area contributed by atoms with E-state index in [-0.39, 0.29) is 18.1 Å². The van der Waals surface area contributed by atoms with Gasteiger partial charge in [-0.05, 0) is 12.1 Å². The SMILES string of the molecule is C=CC(=O)OC[C@H]1O[C@@](C#N)(c2ccc3c(N)ncnn23)[C@H](O)[C@@H]1O. The third kappa shape index (κ3) is 2.51. The summed E-state index contributed by atoms with van der Waals surface area (Å²) in [5.74, 6) is -0.535. The summed E-state index contributed by atoms with van der Waals surface area (Å²) >= 11 is 0. The number of aliphatic hydroxyl groups excluding tert-OH is 2. The number of carbonyl (C=O) groups excluding carboxylic acids is 1. The van der Waals surface area contributed by atoms with Crippen molar-refractivity contribution in [2.45, 2.75) is 23.9 Å². The van der Waals surface area contributed by atoms with Crippen LogP contribution in [0.2, 0.25) is 0 Å². The van der Waals surface area contributed by atoms with Crippen LogP contribution in [0.4, 0.5) is 5.82 Å². The second-order valence-corrected chi connectivity index (χ2v) is 5.43. The first-order chi connectivity index (χ1) is 11.9. The Hall–Kier alpha value is -3.00. The van der Waals surface area contributed by atoms with Gasteiger partial charge in [0.1, 0.15) is 42.8 Å². The van der Waals surface area contributed by atoms with Gasteiger partial charge in [0.25, 0.3) is 0 Å². The molecule has 130 valence electrons. The Morgan fingerprint density at radius 2 is 2.36 bits per heavy atom. The Labute approximate surface area is 141 Å². The standard InChI is InChI=1S/C15H15N5O5/c1-2-11(21)24-5-9-12(22)13(23)15(6-16,25-9)10-4-3-8-14(17)18-7-19-20(8)10/h2-4,7,9,12-13,22-23H,1,5H2,(H2,17,18,19)/t9-,12-,13-,15+/m1/s1. The van der Waals surface area contributed by atoms with Gasteiger partial charge in [0.15, 0.2) is 5.82 Å². The van der Waals surface area contributed by atoms with Gasteiger partial charge in [-0.25, -0.2) is 14.3 Å². The van der Waals surface area contributed by atoms with Crippen molar-refractivity contribution < 1.29 is 24.5 Å². The van der Waals surface area contributed by atoms with Crippen LogP contribution >= 0.6 is 0 Å². The number of esters is 1. The monoisotopic (exact) mass is 345 g/mol. The number of anilines is 1. The fourth-order valence-electron chi connectivity index (χ4n) is 2.77. The predicted molar refractivity (Wildman–Crippen MR) is 82.7 cm³/mol. The number of nitrogens with two attached hydrogens (primary N) is 1.